The molecule has 1 atom stereocenters. The molecule has 0 unspecified atom stereocenters. The fourth-order valence-corrected chi connectivity index (χ4v) is 3.08. The zero-order chi connectivity index (χ0) is 19.6. The average molecular weight is 398 g/mol. The van der Waals surface area contributed by atoms with Gasteiger partial charge in [-0.3, -0.25) is 9.59 Å². The lowest BCUT2D eigenvalue weighted by molar-refractivity contribution is -0.274. The Morgan fingerprint density at radius 2 is 2.00 bits per heavy atom. The Balaban J connectivity index is 1.64. The Kier molecular flexibility index (Phi) is 5.13. The summed E-state index contributed by atoms with van der Waals surface area (Å²) in [5.41, 5.74) is 0.155. The Hall–Kier alpha value is -2.95. The molecule has 1 amide bonds. The van der Waals surface area contributed by atoms with Crippen LogP contribution in [0.15, 0.2) is 40.5 Å². The minimum atomic E-state index is -4.76. The van der Waals surface area contributed by atoms with Crippen molar-refractivity contribution in [1.82, 2.24) is 20.3 Å². The second-order valence-corrected chi connectivity index (χ2v) is 6.49. The number of carbonyl (C=O) groups excluding carboxylic acids is 1. The van der Waals surface area contributed by atoms with Gasteiger partial charge in [0.05, 0.1) is 11.4 Å². The van der Waals surface area contributed by atoms with Crippen molar-refractivity contribution in [2.75, 3.05) is 0 Å². The summed E-state index contributed by atoms with van der Waals surface area (Å²) in [6.45, 7) is 1.34. The van der Waals surface area contributed by atoms with Gasteiger partial charge in [0.2, 0.25) is 5.91 Å². The average Bonchev–Trinajstić information content (AvgIpc) is 3.06. The largest absolute Gasteiger partial charge is 0.573 e. The van der Waals surface area contributed by atoms with E-state index in [2.05, 4.69) is 20.4 Å². The van der Waals surface area contributed by atoms with Crippen molar-refractivity contribution >= 4 is 27.5 Å². The van der Waals surface area contributed by atoms with Gasteiger partial charge in [-0.25, -0.2) is 4.68 Å². The summed E-state index contributed by atoms with van der Waals surface area (Å²) < 4.78 is 41.3. The van der Waals surface area contributed by atoms with E-state index in [-0.39, 0.29) is 12.3 Å². The summed E-state index contributed by atoms with van der Waals surface area (Å²) in [5, 5.41) is 12.3. The van der Waals surface area contributed by atoms with E-state index < -0.39 is 23.9 Å². The molecule has 0 bridgehead atoms. The standard InChI is InChI=1S/C16H13F3N4O3S/c1-9(10-2-4-11(5-3-10)26-16(17,18)19)20-13(24)8-23-15(25)12-6-7-27-14(12)21-22-23/h2-7,9H,8H2,1H3,(H,20,24)/t9-/m0/s1. The number of nitrogens with zero attached hydrogens (tertiary/aromatic N) is 3. The summed E-state index contributed by atoms with van der Waals surface area (Å²) >= 11 is 1.27. The number of hydrogen-bond acceptors (Lipinski definition) is 6. The number of hydrogen-bond donors (Lipinski definition) is 1. The van der Waals surface area contributed by atoms with Gasteiger partial charge >= 0.3 is 6.36 Å². The third-order valence-electron chi connectivity index (χ3n) is 3.64. The molecule has 0 aliphatic carbocycles. The molecule has 11 heteroatoms. The fraction of sp³-hybridized carbons (Fsp3) is 0.250. The van der Waals surface area contributed by atoms with E-state index in [1.54, 1.807) is 18.4 Å². The highest BCUT2D eigenvalue weighted by molar-refractivity contribution is 7.16. The maximum Gasteiger partial charge on any atom is 0.573 e. The first kappa shape index (κ1) is 18.8. The molecule has 0 radical (unpaired) electrons. The van der Waals surface area contributed by atoms with Crippen LogP contribution in [0.25, 0.3) is 10.2 Å². The van der Waals surface area contributed by atoms with Crippen molar-refractivity contribution in [2.45, 2.75) is 25.9 Å². The number of ether oxygens (including phenoxy) is 1. The third-order valence-corrected chi connectivity index (χ3v) is 4.43. The number of aromatic nitrogens is 3. The molecule has 0 fully saturated rings. The highest BCUT2D eigenvalue weighted by atomic mass is 32.1. The van der Waals surface area contributed by atoms with E-state index in [0.717, 1.165) is 16.8 Å². The van der Waals surface area contributed by atoms with Gasteiger partial charge < -0.3 is 10.1 Å². The van der Waals surface area contributed by atoms with E-state index in [1.807, 2.05) is 0 Å². The molecule has 2 heterocycles. The molecule has 0 aliphatic heterocycles. The van der Waals surface area contributed by atoms with Gasteiger partial charge in [0, 0.05) is 0 Å². The quantitative estimate of drug-likeness (QED) is 0.714. The van der Waals surface area contributed by atoms with Crippen molar-refractivity contribution in [1.29, 1.82) is 0 Å². The zero-order valence-electron chi connectivity index (χ0n) is 13.9. The van der Waals surface area contributed by atoms with Crippen LogP contribution < -0.4 is 15.6 Å². The molecule has 142 valence electrons. The fourth-order valence-electron chi connectivity index (χ4n) is 2.38. The minimum absolute atomic E-state index is 0.322. The van der Waals surface area contributed by atoms with Crippen LogP contribution in [0.3, 0.4) is 0 Å². The molecular weight excluding hydrogens is 385 g/mol. The van der Waals surface area contributed by atoms with Gasteiger partial charge in [-0.05, 0) is 36.1 Å². The van der Waals surface area contributed by atoms with Crippen LogP contribution in [0, 0.1) is 0 Å². The van der Waals surface area contributed by atoms with Crippen molar-refractivity contribution in [3.63, 3.8) is 0 Å². The van der Waals surface area contributed by atoms with Gasteiger partial charge in [-0.2, -0.15) is 0 Å². The van der Waals surface area contributed by atoms with Gasteiger partial charge in [0.1, 0.15) is 12.3 Å². The number of fused-ring (bicyclic) bond motifs is 1. The van der Waals surface area contributed by atoms with Crippen LogP contribution in [0.4, 0.5) is 13.2 Å². The SMILES string of the molecule is C[C@H](NC(=O)Cn1nnc2sccc2c1=O)c1ccc(OC(F)(F)F)cc1. The molecule has 3 aromatic rings. The molecule has 7 nitrogen and oxygen atoms in total. The Morgan fingerprint density at radius 1 is 1.30 bits per heavy atom. The topological polar surface area (TPSA) is 86.1 Å². The van der Waals surface area contributed by atoms with Crippen LogP contribution in [0.5, 0.6) is 5.75 Å². The van der Waals surface area contributed by atoms with E-state index in [1.165, 1.54) is 23.5 Å². The molecule has 0 saturated carbocycles. The van der Waals surface area contributed by atoms with E-state index in [0.29, 0.717) is 15.8 Å². The second kappa shape index (κ2) is 7.35. The molecule has 1 N–H and O–H groups in total. The van der Waals surface area contributed by atoms with E-state index >= 15 is 0 Å². The van der Waals surface area contributed by atoms with Crippen molar-refractivity contribution < 1.29 is 22.7 Å². The summed E-state index contributed by atoms with van der Waals surface area (Å²) in [7, 11) is 0. The Labute approximate surface area is 154 Å². The third kappa shape index (κ3) is 4.61. The summed E-state index contributed by atoms with van der Waals surface area (Å²) in [6.07, 6.45) is -4.76. The van der Waals surface area contributed by atoms with Gasteiger partial charge in [0.25, 0.3) is 5.56 Å². The number of amides is 1. The number of carbonyl (C=O) groups is 1. The predicted molar refractivity (Wildman–Crippen MR) is 91.4 cm³/mol. The monoisotopic (exact) mass is 398 g/mol. The van der Waals surface area contributed by atoms with Crippen molar-refractivity contribution in [3.05, 3.63) is 51.6 Å². The predicted octanol–water partition coefficient (Wildman–Crippen LogP) is 2.63. The summed E-state index contributed by atoms with van der Waals surface area (Å²) in [4.78, 5) is 24.9. The van der Waals surface area contributed by atoms with Crippen LogP contribution >= 0.6 is 11.3 Å². The molecule has 0 aliphatic rings. The molecule has 1 aromatic carbocycles. The maximum atomic E-state index is 12.2. The summed E-state index contributed by atoms with van der Waals surface area (Å²) in [6, 6.07) is 6.26. The molecule has 3 rings (SSSR count). The smallest absolute Gasteiger partial charge is 0.406 e. The lowest BCUT2D eigenvalue weighted by atomic mass is 10.1. The van der Waals surface area contributed by atoms with Crippen LogP contribution in [-0.4, -0.2) is 27.3 Å². The highest BCUT2D eigenvalue weighted by Gasteiger charge is 2.31. The number of alkyl halides is 3. The van der Waals surface area contributed by atoms with Crippen LogP contribution in [-0.2, 0) is 11.3 Å². The van der Waals surface area contributed by atoms with Gasteiger partial charge in [0.15, 0.2) is 4.83 Å². The normalized spacial score (nSPS) is 12.7. The number of benzene rings is 1. The lowest BCUT2D eigenvalue weighted by Gasteiger charge is -2.15. The molecular formula is C16H13F3N4O3S. The first-order valence-electron chi connectivity index (χ1n) is 7.69. The highest BCUT2D eigenvalue weighted by Crippen LogP contribution is 2.24. The van der Waals surface area contributed by atoms with Gasteiger partial charge in [-0.1, -0.05) is 17.3 Å². The van der Waals surface area contributed by atoms with Crippen LogP contribution in [0.2, 0.25) is 0 Å². The van der Waals surface area contributed by atoms with E-state index in [4.69, 9.17) is 0 Å². The van der Waals surface area contributed by atoms with Crippen molar-refractivity contribution in [2.24, 2.45) is 0 Å². The maximum absolute atomic E-state index is 12.2. The van der Waals surface area contributed by atoms with Crippen LogP contribution in [0.1, 0.15) is 18.5 Å². The number of rotatable bonds is 5. The van der Waals surface area contributed by atoms with E-state index in [9.17, 15) is 22.8 Å². The lowest BCUT2D eigenvalue weighted by Crippen LogP contribution is -2.35. The number of nitrogens with one attached hydrogen (secondary N) is 1. The van der Waals surface area contributed by atoms with Crippen molar-refractivity contribution in [3.8, 4) is 5.75 Å². The molecule has 27 heavy (non-hydrogen) atoms. The minimum Gasteiger partial charge on any atom is -0.406 e. The number of thiophene rings is 1. The molecule has 2 aromatic heterocycles. The second-order valence-electron chi connectivity index (χ2n) is 5.60. The zero-order valence-corrected chi connectivity index (χ0v) is 14.7. The van der Waals surface area contributed by atoms with Gasteiger partial charge in [-0.15, -0.1) is 29.6 Å². The molecule has 0 saturated heterocycles. The first-order chi connectivity index (χ1) is 12.7. The Morgan fingerprint density at radius 3 is 2.67 bits per heavy atom. The Bertz CT molecular complexity index is 1010. The first-order valence-corrected chi connectivity index (χ1v) is 8.57. The number of halogens is 3. The molecule has 0 spiro atoms. The summed E-state index contributed by atoms with van der Waals surface area (Å²) in [5.74, 6) is -0.834.